The van der Waals surface area contributed by atoms with Gasteiger partial charge in [-0.25, -0.2) is 4.39 Å². The number of amides is 1. The van der Waals surface area contributed by atoms with Crippen molar-refractivity contribution in [2.75, 3.05) is 5.32 Å². The summed E-state index contributed by atoms with van der Waals surface area (Å²) in [5.74, 6) is 0.828. The van der Waals surface area contributed by atoms with E-state index in [9.17, 15) is 9.18 Å². The van der Waals surface area contributed by atoms with Crippen molar-refractivity contribution in [1.82, 2.24) is 10.1 Å². The molecule has 2 aromatic heterocycles. The summed E-state index contributed by atoms with van der Waals surface area (Å²) in [7, 11) is 0. The van der Waals surface area contributed by atoms with Gasteiger partial charge in [0.25, 0.3) is 5.91 Å². The van der Waals surface area contributed by atoms with Crippen LogP contribution in [-0.2, 0) is 0 Å². The predicted molar refractivity (Wildman–Crippen MR) is 93.3 cm³/mol. The molecule has 5 nitrogen and oxygen atoms in total. The zero-order valence-corrected chi connectivity index (χ0v) is 14.4. The molecule has 0 unspecified atom stereocenters. The zero-order valence-electron chi connectivity index (χ0n) is 13.6. The lowest BCUT2D eigenvalue weighted by Crippen LogP contribution is -2.12. The third kappa shape index (κ3) is 3.19. The van der Waals surface area contributed by atoms with Crippen molar-refractivity contribution in [2.24, 2.45) is 0 Å². The molecule has 1 saturated carbocycles. The molecule has 0 atom stereocenters. The average molecular weight is 357 g/mol. The fourth-order valence-corrected chi connectivity index (χ4v) is 3.60. The normalized spacial score (nSPS) is 14.3. The number of benzene rings is 1. The highest BCUT2D eigenvalue weighted by Gasteiger charge is 2.26. The van der Waals surface area contributed by atoms with E-state index in [1.54, 1.807) is 6.07 Å². The number of nitrogens with zero attached hydrogens (tertiary/aromatic N) is 2. The number of carbonyl (C=O) groups is 1. The number of aromatic nitrogens is 2. The number of aryl methyl sites for hydroxylation is 1. The molecule has 1 aromatic carbocycles. The van der Waals surface area contributed by atoms with Crippen molar-refractivity contribution < 1.29 is 13.7 Å². The highest BCUT2D eigenvalue weighted by atomic mass is 32.1. The van der Waals surface area contributed by atoms with E-state index in [0.717, 1.165) is 22.6 Å². The van der Waals surface area contributed by atoms with Gasteiger partial charge in [0.1, 0.15) is 5.82 Å². The molecule has 1 aliphatic rings. The van der Waals surface area contributed by atoms with E-state index >= 15 is 0 Å². The lowest BCUT2D eigenvalue weighted by molar-refractivity contribution is 0.102. The molecule has 1 N–H and O–H groups in total. The van der Waals surface area contributed by atoms with Gasteiger partial charge in [-0.15, -0.1) is 11.3 Å². The van der Waals surface area contributed by atoms with Gasteiger partial charge in [0.15, 0.2) is 0 Å². The van der Waals surface area contributed by atoms with Gasteiger partial charge in [-0.2, -0.15) is 4.98 Å². The molecule has 0 bridgehead atoms. The van der Waals surface area contributed by atoms with Crippen molar-refractivity contribution in [3.05, 3.63) is 52.5 Å². The molecule has 3 aromatic rings. The molecule has 25 heavy (non-hydrogen) atoms. The van der Waals surface area contributed by atoms with Crippen LogP contribution in [0.1, 0.15) is 46.3 Å². The maximum Gasteiger partial charge on any atom is 0.255 e. The summed E-state index contributed by atoms with van der Waals surface area (Å²) in [4.78, 5) is 18.5. The second-order valence-electron chi connectivity index (χ2n) is 6.13. The number of halogens is 1. The molecular formula is C18H16FN3O2S. The summed E-state index contributed by atoms with van der Waals surface area (Å²) in [5, 5.41) is 6.87. The Morgan fingerprint density at radius 2 is 2.20 bits per heavy atom. The Bertz CT molecular complexity index is 930. The van der Waals surface area contributed by atoms with Crippen molar-refractivity contribution in [1.29, 1.82) is 0 Å². The standard InChI is InChI=1S/C18H16FN3O2S/c1-10-14(20-17(23)12-6-3-7-13(19)8-12)9-15(25-10)16-21-18(24-22-16)11-4-2-5-11/h3,6-9,11H,2,4-5H2,1H3,(H,20,23). The first-order chi connectivity index (χ1) is 12.1. The van der Waals surface area contributed by atoms with Crippen molar-refractivity contribution in [3.8, 4) is 10.7 Å². The fraction of sp³-hybridized carbons (Fsp3) is 0.278. The van der Waals surface area contributed by atoms with E-state index in [4.69, 9.17) is 4.52 Å². The van der Waals surface area contributed by atoms with Gasteiger partial charge in [0, 0.05) is 16.4 Å². The van der Waals surface area contributed by atoms with E-state index < -0.39 is 5.82 Å². The molecule has 0 aliphatic heterocycles. The lowest BCUT2D eigenvalue weighted by Gasteiger charge is -2.20. The Morgan fingerprint density at radius 3 is 2.92 bits per heavy atom. The van der Waals surface area contributed by atoms with Gasteiger partial charge in [-0.05, 0) is 44.0 Å². The van der Waals surface area contributed by atoms with Crippen LogP contribution in [0.4, 0.5) is 10.1 Å². The smallest absolute Gasteiger partial charge is 0.255 e. The van der Waals surface area contributed by atoms with Gasteiger partial charge in [-0.1, -0.05) is 17.6 Å². The maximum atomic E-state index is 13.3. The molecule has 128 valence electrons. The van der Waals surface area contributed by atoms with Gasteiger partial charge >= 0.3 is 0 Å². The Morgan fingerprint density at radius 1 is 1.36 bits per heavy atom. The quantitative estimate of drug-likeness (QED) is 0.730. The molecule has 1 fully saturated rings. The monoisotopic (exact) mass is 357 g/mol. The summed E-state index contributed by atoms with van der Waals surface area (Å²) in [5.41, 5.74) is 0.947. The largest absolute Gasteiger partial charge is 0.339 e. The SMILES string of the molecule is Cc1sc(-c2noc(C3CCC3)n2)cc1NC(=O)c1cccc(F)c1. The minimum Gasteiger partial charge on any atom is -0.339 e. The van der Waals surface area contributed by atoms with E-state index in [1.807, 2.05) is 13.0 Å². The summed E-state index contributed by atoms with van der Waals surface area (Å²) >= 11 is 1.48. The van der Waals surface area contributed by atoms with Crippen molar-refractivity contribution in [2.45, 2.75) is 32.1 Å². The second kappa shape index (κ2) is 6.40. The number of carbonyl (C=O) groups excluding carboxylic acids is 1. The van der Waals surface area contributed by atoms with Crippen LogP contribution in [0.2, 0.25) is 0 Å². The summed E-state index contributed by atoms with van der Waals surface area (Å²) < 4.78 is 18.6. The van der Waals surface area contributed by atoms with Gasteiger partial charge in [0.05, 0.1) is 10.6 Å². The Balaban J connectivity index is 1.53. The lowest BCUT2D eigenvalue weighted by atomic mass is 9.85. The van der Waals surface area contributed by atoms with Crippen LogP contribution in [0.25, 0.3) is 10.7 Å². The minimum atomic E-state index is -0.439. The first kappa shape index (κ1) is 16.0. The average Bonchev–Trinajstić information content (AvgIpc) is 3.13. The maximum absolute atomic E-state index is 13.3. The van der Waals surface area contributed by atoms with Gasteiger partial charge < -0.3 is 9.84 Å². The summed E-state index contributed by atoms with van der Waals surface area (Å²) in [6, 6.07) is 7.43. The van der Waals surface area contributed by atoms with E-state index in [0.29, 0.717) is 23.3 Å². The van der Waals surface area contributed by atoms with Crippen molar-refractivity contribution in [3.63, 3.8) is 0 Å². The molecular weight excluding hydrogens is 341 g/mol. The van der Waals surface area contributed by atoms with Crippen molar-refractivity contribution >= 4 is 22.9 Å². The molecule has 1 amide bonds. The Labute approximate surface area is 147 Å². The Kier molecular flexibility index (Phi) is 4.09. The third-order valence-electron chi connectivity index (χ3n) is 4.37. The number of nitrogens with one attached hydrogen (secondary N) is 1. The topological polar surface area (TPSA) is 68.0 Å². The minimum absolute atomic E-state index is 0.277. The van der Waals surface area contributed by atoms with Gasteiger partial charge in [0.2, 0.25) is 11.7 Å². The predicted octanol–water partition coefficient (Wildman–Crippen LogP) is 4.77. The number of hydrogen-bond donors (Lipinski definition) is 1. The van der Waals surface area contributed by atoms with Crippen LogP contribution in [0, 0.1) is 12.7 Å². The van der Waals surface area contributed by atoms with E-state index in [-0.39, 0.29) is 11.5 Å². The van der Waals surface area contributed by atoms with Crippen LogP contribution in [0.3, 0.4) is 0 Å². The van der Waals surface area contributed by atoms with Crippen LogP contribution in [-0.4, -0.2) is 16.0 Å². The second-order valence-corrected chi connectivity index (χ2v) is 7.39. The van der Waals surface area contributed by atoms with Crippen LogP contribution >= 0.6 is 11.3 Å². The first-order valence-electron chi connectivity index (χ1n) is 8.11. The third-order valence-corrected chi connectivity index (χ3v) is 5.42. The van der Waals surface area contributed by atoms with E-state index in [2.05, 4.69) is 15.5 Å². The van der Waals surface area contributed by atoms with Crippen LogP contribution in [0.5, 0.6) is 0 Å². The zero-order chi connectivity index (χ0) is 17.4. The summed E-state index contributed by atoms with van der Waals surface area (Å²) in [6.07, 6.45) is 3.40. The van der Waals surface area contributed by atoms with Gasteiger partial charge in [-0.3, -0.25) is 4.79 Å². The molecule has 7 heteroatoms. The highest BCUT2D eigenvalue weighted by Crippen LogP contribution is 2.38. The molecule has 2 heterocycles. The number of hydrogen-bond acceptors (Lipinski definition) is 5. The van der Waals surface area contributed by atoms with Crippen LogP contribution in [0.15, 0.2) is 34.9 Å². The molecule has 4 rings (SSSR count). The fourth-order valence-electron chi connectivity index (χ4n) is 2.70. The molecule has 0 saturated heterocycles. The highest BCUT2D eigenvalue weighted by molar-refractivity contribution is 7.16. The Hall–Kier alpha value is -2.54. The first-order valence-corrected chi connectivity index (χ1v) is 8.93. The summed E-state index contributed by atoms with van der Waals surface area (Å²) in [6.45, 7) is 1.91. The number of thiophene rings is 1. The van der Waals surface area contributed by atoms with E-state index in [1.165, 1.54) is 36.0 Å². The molecule has 1 aliphatic carbocycles. The molecule has 0 radical (unpaired) electrons. The number of rotatable bonds is 4. The molecule has 0 spiro atoms. The number of anilines is 1. The van der Waals surface area contributed by atoms with Crippen LogP contribution < -0.4 is 5.32 Å².